The van der Waals surface area contributed by atoms with Crippen LogP contribution in [0.2, 0.25) is 0 Å². The third-order valence-electron chi connectivity index (χ3n) is 2.93. The number of methoxy groups -OCH3 is 2. The summed E-state index contributed by atoms with van der Waals surface area (Å²) in [5.74, 6) is 0.723. The van der Waals surface area contributed by atoms with E-state index in [1.54, 1.807) is 18.2 Å². The summed E-state index contributed by atoms with van der Waals surface area (Å²) in [5, 5.41) is 22.5. The number of rotatable bonds is 5. The number of nitro benzene ring substituents is 1. The van der Waals surface area contributed by atoms with Crippen LogP contribution in [-0.2, 0) is 0 Å². The molecule has 2 rings (SSSR count). The Morgan fingerprint density at radius 1 is 1.14 bits per heavy atom. The summed E-state index contributed by atoms with van der Waals surface area (Å²) in [6.07, 6.45) is 1.27. The van der Waals surface area contributed by atoms with E-state index in [1.807, 2.05) is 0 Å². The highest BCUT2D eigenvalue weighted by Gasteiger charge is 2.07. The van der Waals surface area contributed by atoms with Crippen LogP contribution in [0.4, 0.5) is 11.4 Å². The lowest BCUT2D eigenvalue weighted by Crippen LogP contribution is -1.98. The molecule has 0 fully saturated rings. The molecule has 2 aromatic rings. The number of nitro groups is 1. The Labute approximate surface area is 126 Å². The summed E-state index contributed by atoms with van der Waals surface area (Å²) in [6, 6.07) is 8.50. The van der Waals surface area contributed by atoms with Gasteiger partial charge in [0.1, 0.15) is 17.2 Å². The van der Waals surface area contributed by atoms with E-state index in [4.69, 9.17) is 9.47 Å². The second-order valence-electron chi connectivity index (χ2n) is 4.28. The molecule has 0 N–H and O–H groups in total. The molecule has 0 spiro atoms. The smallest absolute Gasteiger partial charge is 0.270 e. The van der Waals surface area contributed by atoms with Gasteiger partial charge in [0.25, 0.3) is 5.69 Å². The molecular weight excluding hydrogens is 288 g/mol. The summed E-state index contributed by atoms with van der Waals surface area (Å²) < 4.78 is 10.3. The summed E-state index contributed by atoms with van der Waals surface area (Å²) >= 11 is 0. The highest BCUT2D eigenvalue weighted by Crippen LogP contribution is 2.31. The molecule has 7 heteroatoms. The van der Waals surface area contributed by atoms with Gasteiger partial charge in [-0.05, 0) is 17.7 Å². The van der Waals surface area contributed by atoms with Gasteiger partial charge in [0, 0.05) is 24.4 Å². The lowest BCUT2D eigenvalue weighted by Gasteiger charge is -2.10. The van der Waals surface area contributed by atoms with Gasteiger partial charge >= 0.3 is 0 Å². The first-order chi connectivity index (χ1) is 10.5. The second kappa shape index (κ2) is 6.57. The van der Waals surface area contributed by atoms with Crippen molar-refractivity contribution in [2.24, 2.45) is 4.99 Å². The fourth-order valence-electron chi connectivity index (χ4n) is 1.79. The van der Waals surface area contributed by atoms with E-state index in [-0.39, 0.29) is 17.0 Å². The molecule has 2 aromatic carbocycles. The van der Waals surface area contributed by atoms with Gasteiger partial charge in [-0.15, -0.1) is 0 Å². The highest BCUT2D eigenvalue weighted by atomic mass is 16.6. The van der Waals surface area contributed by atoms with E-state index >= 15 is 0 Å². The van der Waals surface area contributed by atoms with Crippen LogP contribution in [0.25, 0.3) is 0 Å². The molecule has 114 valence electrons. The van der Waals surface area contributed by atoms with E-state index < -0.39 is 4.92 Å². The molecule has 0 aliphatic rings. The quantitative estimate of drug-likeness (QED) is 0.480. The Kier molecular flexibility index (Phi) is 4.57. The zero-order valence-corrected chi connectivity index (χ0v) is 12.0. The fraction of sp³-hybridized carbons (Fsp3) is 0.133. The SMILES string of the molecule is COc1ccc(OC)c(N=Cc2cc([N+](=O)[O-])ccc2[O-])c1. The number of benzene rings is 2. The van der Waals surface area contributed by atoms with Crippen molar-refractivity contribution in [3.8, 4) is 17.2 Å². The van der Waals surface area contributed by atoms with Gasteiger partial charge in [0.05, 0.1) is 19.1 Å². The van der Waals surface area contributed by atoms with E-state index in [0.29, 0.717) is 17.2 Å². The van der Waals surface area contributed by atoms with Gasteiger partial charge in [-0.25, -0.2) is 0 Å². The molecular formula is C15H13N2O5-. The normalized spacial score (nSPS) is 10.6. The summed E-state index contributed by atoms with van der Waals surface area (Å²) in [7, 11) is 3.01. The molecule has 0 saturated carbocycles. The van der Waals surface area contributed by atoms with Crippen LogP contribution >= 0.6 is 0 Å². The first-order valence-electron chi connectivity index (χ1n) is 6.26. The number of aliphatic imine (C=N–C) groups is 1. The molecule has 22 heavy (non-hydrogen) atoms. The van der Waals surface area contributed by atoms with Crippen molar-refractivity contribution in [1.29, 1.82) is 0 Å². The molecule has 0 atom stereocenters. The molecule has 0 amide bonds. The average molecular weight is 301 g/mol. The first kappa shape index (κ1) is 15.3. The molecule has 0 unspecified atom stereocenters. The van der Waals surface area contributed by atoms with E-state index in [1.165, 1.54) is 26.5 Å². The number of non-ortho nitro benzene ring substituents is 1. The Bertz CT molecular complexity index is 728. The number of nitrogens with zero attached hydrogens (tertiary/aromatic N) is 2. The van der Waals surface area contributed by atoms with Gasteiger partial charge in [0.2, 0.25) is 0 Å². The molecule has 0 saturated heterocycles. The van der Waals surface area contributed by atoms with Crippen molar-refractivity contribution in [1.82, 2.24) is 0 Å². The molecule has 0 aromatic heterocycles. The molecule has 0 heterocycles. The first-order valence-corrected chi connectivity index (χ1v) is 6.26. The van der Waals surface area contributed by atoms with Crippen LogP contribution in [0.15, 0.2) is 41.4 Å². The van der Waals surface area contributed by atoms with Gasteiger partial charge in [-0.3, -0.25) is 15.1 Å². The van der Waals surface area contributed by atoms with E-state index in [9.17, 15) is 15.2 Å². The molecule has 0 aliphatic heterocycles. The predicted octanol–water partition coefficient (Wildman–Crippen LogP) is 2.44. The topological polar surface area (TPSA) is 97.0 Å². The largest absolute Gasteiger partial charge is 0.872 e. The number of ether oxygens (including phenoxy) is 2. The standard InChI is InChI=1S/C15H14N2O5/c1-21-12-4-6-15(22-2)13(8-12)16-9-10-7-11(17(19)20)3-5-14(10)18/h3-9,18H,1-2H3/p-1. The minimum Gasteiger partial charge on any atom is -0.872 e. The lowest BCUT2D eigenvalue weighted by molar-refractivity contribution is -0.385. The van der Waals surface area contributed by atoms with Crippen molar-refractivity contribution >= 4 is 17.6 Å². The zero-order chi connectivity index (χ0) is 16.1. The van der Waals surface area contributed by atoms with Crippen LogP contribution in [-0.4, -0.2) is 25.4 Å². The van der Waals surface area contributed by atoms with Crippen LogP contribution < -0.4 is 14.6 Å². The van der Waals surface area contributed by atoms with Crippen molar-refractivity contribution < 1.29 is 19.5 Å². The van der Waals surface area contributed by atoms with Crippen LogP contribution in [0.3, 0.4) is 0 Å². The third kappa shape index (κ3) is 3.32. The second-order valence-corrected chi connectivity index (χ2v) is 4.28. The maximum absolute atomic E-state index is 11.7. The van der Waals surface area contributed by atoms with Gasteiger partial charge in [0.15, 0.2) is 0 Å². The van der Waals surface area contributed by atoms with Crippen molar-refractivity contribution in [3.05, 3.63) is 52.1 Å². The van der Waals surface area contributed by atoms with Gasteiger partial charge < -0.3 is 14.6 Å². The van der Waals surface area contributed by atoms with Gasteiger partial charge in [-0.2, -0.15) is 0 Å². The molecule has 0 bridgehead atoms. The average Bonchev–Trinajstić information content (AvgIpc) is 2.53. The highest BCUT2D eigenvalue weighted by molar-refractivity contribution is 5.86. The lowest BCUT2D eigenvalue weighted by atomic mass is 10.2. The van der Waals surface area contributed by atoms with E-state index in [2.05, 4.69) is 4.99 Å². The van der Waals surface area contributed by atoms with Crippen molar-refractivity contribution in [2.45, 2.75) is 0 Å². The van der Waals surface area contributed by atoms with Crippen molar-refractivity contribution in [2.75, 3.05) is 14.2 Å². The van der Waals surface area contributed by atoms with Crippen molar-refractivity contribution in [3.63, 3.8) is 0 Å². The summed E-state index contributed by atoms with van der Waals surface area (Å²) in [5.41, 5.74) is 0.408. The minimum absolute atomic E-state index is 0.124. The number of hydrogen-bond donors (Lipinski definition) is 0. The number of hydrogen-bond acceptors (Lipinski definition) is 6. The summed E-state index contributed by atoms with van der Waals surface area (Å²) in [4.78, 5) is 14.3. The molecule has 7 nitrogen and oxygen atoms in total. The Morgan fingerprint density at radius 2 is 1.91 bits per heavy atom. The zero-order valence-electron chi connectivity index (χ0n) is 12.0. The minimum atomic E-state index is -0.567. The monoisotopic (exact) mass is 301 g/mol. The maximum atomic E-state index is 11.7. The van der Waals surface area contributed by atoms with Crippen LogP contribution in [0.5, 0.6) is 17.2 Å². The third-order valence-corrected chi connectivity index (χ3v) is 2.93. The Morgan fingerprint density at radius 3 is 2.55 bits per heavy atom. The van der Waals surface area contributed by atoms with Crippen LogP contribution in [0.1, 0.15) is 5.56 Å². The predicted molar refractivity (Wildman–Crippen MR) is 79.3 cm³/mol. The Hall–Kier alpha value is -3.09. The van der Waals surface area contributed by atoms with Gasteiger partial charge in [-0.1, -0.05) is 11.8 Å². The maximum Gasteiger partial charge on any atom is 0.270 e. The molecule has 0 radical (unpaired) electrons. The van der Waals surface area contributed by atoms with Crippen LogP contribution in [0, 0.1) is 10.1 Å². The summed E-state index contributed by atoms with van der Waals surface area (Å²) in [6.45, 7) is 0. The molecule has 0 aliphatic carbocycles. The Balaban J connectivity index is 2.40. The fourth-order valence-corrected chi connectivity index (χ4v) is 1.79. The van der Waals surface area contributed by atoms with E-state index in [0.717, 1.165) is 12.1 Å².